The van der Waals surface area contributed by atoms with Crippen LogP contribution in [0.5, 0.6) is 5.75 Å². The van der Waals surface area contributed by atoms with Gasteiger partial charge in [0.2, 0.25) is 0 Å². The zero-order valence-electron chi connectivity index (χ0n) is 12.7. The Morgan fingerprint density at radius 3 is 2.33 bits per heavy atom. The third kappa shape index (κ3) is 3.50. The Morgan fingerprint density at radius 2 is 1.81 bits per heavy atom. The number of nitrogens with one attached hydrogen (secondary N) is 1. The van der Waals surface area contributed by atoms with Crippen molar-refractivity contribution in [2.75, 3.05) is 18.1 Å². The Kier molecular flexibility index (Phi) is 5.12. The third-order valence-corrected chi connectivity index (χ3v) is 3.81. The maximum atomic E-state index is 13.9. The second-order valence-electron chi connectivity index (χ2n) is 5.12. The standard InChI is InChI=1S/C17H20FNOS/c1-11(2)12-5-7-13(8-6-12)14-9-16(19-21-4)15(18)10-17(14)20-3/h5-11,19H,1-4H3. The van der Waals surface area contributed by atoms with Crippen molar-refractivity contribution in [1.82, 2.24) is 0 Å². The number of hydrogen-bond donors (Lipinski definition) is 1. The van der Waals surface area contributed by atoms with Gasteiger partial charge >= 0.3 is 0 Å². The fourth-order valence-corrected chi connectivity index (χ4v) is 2.56. The highest BCUT2D eigenvalue weighted by atomic mass is 32.2. The van der Waals surface area contributed by atoms with E-state index >= 15 is 0 Å². The van der Waals surface area contributed by atoms with Crippen LogP contribution >= 0.6 is 11.9 Å². The minimum Gasteiger partial charge on any atom is -0.496 e. The van der Waals surface area contributed by atoms with Crippen molar-refractivity contribution in [2.24, 2.45) is 0 Å². The summed E-state index contributed by atoms with van der Waals surface area (Å²) in [5, 5.41) is 0. The molecule has 0 saturated carbocycles. The summed E-state index contributed by atoms with van der Waals surface area (Å²) in [7, 11) is 1.56. The zero-order valence-corrected chi connectivity index (χ0v) is 13.6. The Bertz CT molecular complexity index is 611. The number of methoxy groups -OCH3 is 1. The van der Waals surface area contributed by atoms with E-state index < -0.39 is 0 Å². The maximum Gasteiger partial charge on any atom is 0.150 e. The SMILES string of the molecule is COc1cc(F)c(NSC)cc1-c1ccc(C(C)C)cc1. The first-order chi connectivity index (χ1) is 10.1. The molecule has 0 fully saturated rings. The molecular formula is C17H20FNOS. The van der Waals surface area contributed by atoms with Crippen LogP contribution in [0.4, 0.5) is 10.1 Å². The van der Waals surface area contributed by atoms with E-state index in [1.807, 2.05) is 18.4 Å². The molecule has 0 atom stereocenters. The fourth-order valence-electron chi connectivity index (χ4n) is 2.19. The molecule has 21 heavy (non-hydrogen) atoms. The first kappa shape index (κ1) is 15.7. The van der Waals surface area contributed by atoms with Crippen molar-refractivity contribution < 1.29 is 9.13 Å². The summed E-state index contributed by atoms with van der Waals surface area (Å²) in [5.41, 5.74) is 3.64. The van der Waals surface area contributed by atoms with Crippen LogP contribution in [0.25, 0.3) is 11.1 Å². The number of anilines is 1. The van der Waals surface area contributed by atoms with E-state index in [1.165, 1.54) is 23.6 Å². The number of hydrogen-bond acceptors (Lipinski definition) is 3. The quantitative estimate of drug-likeness (QED) is 0.756. The van der Waals surface area contributed by atoms with Crippen molar-refractivity contribution in [2.45, 2.75) is 19.8 Å². The molecule has 1 N–H and O–H groups in total. The first-order valence-corrected chi connectivity index (χ1v) is 8.06. The molecule has 0 aliphatic heterocycles. The number of benzene rings is 2. The van der Waals surface area contributed by atoms with E-state index in [-0.39, 0.29) is 5.82 Å². The predicted octanol–water partition coefficient (Wildman–Crippen LogP) is 5.31. The van der Waals surface area contributed by atoms with Crippen molar-refractivity contribution >= 4 is 17.6 Å². The largest absolute Gasteiger partial charge is 0.496 e. The zero-order chi connectivity index (χ0) is 15.4. The highest BCUT2D eigenvalue weighted by Crippen LogP contribution is 2.35. The monoisotopic (exact) mass is 305 g/mol. The van der Waals surface area contributed by atoms with Crippen molar-refractivity contribution in [3.05, 3.63) is 47.8 Å². The van der Waals surface area contributed by atoms with Crippen LogP contribution in [0.2, 0.25) is 0 Å². The molecule has 0 aliphatic rings. The molecule has 0 spiro atoms. The molecule has 2 aromatic carbocycles. The molecule has 0 aromatic heterocycles. The molecule has 0 heterocycles. The van der Waals surface area contributed by atoms with Gasteiger partial charge in [0.1, 0.15) is 5.75 Å². The minimum absolute atomic E-state index is 0.316. The van der Waals surface area contributed by atoms with Gasteiger partial charge < -0.3 is 9.46 Å². The highest BCUT2D eigenvalue weighted by Gasteiger charge is 2.12. The molecule has 0 aliphatic carbocycles. The summed E-state index contributed by atoms with van der Waals surface area (Å²) in [6, 6.07) is 11.5. The van der Waals surface area contributed by atoms with E-state index in [1.54, 1.807) is 13.2 Å². The number of rotatable bonds is 5. The summed E-state index contributed by atoms with van der Waals surface area (Å²) in [4.78, 5) is 0. The molecule has 0 unspecified atom stereocenters. The van der Waals surface area contributed by atoms with Crippen LogP contribution in [0.1, 0.15) is 25.3 Å². The lowest BCUT2D eigenvalue weighted by Crippen LogP contribution is -1.95. The van der Waals surface area contributed by atoms with Gasteiger partial charge in [0.05, 0.1) is 12.8 Å². The summed E-state index contributed by atoms with van der Waals surface area (Å²) in [6.07, 6.45) is 1.86. The smallest absolute Gasteiger partial charge is 0.150 e. The molecule has 0 bridgehead atoms. The predicted molar refractivity (Wildman–Crippen MR) is 89.6 cm³/mol. The van der Waals surface area contributed by atoms with Gasteiger partial charge in [-0.15, -0.1) is 0 Å². The molecule has 2 aromatic rings. The topological polar surface area (TPSA) is 21.3 Å². The van der Waals surface area contributed by atoms with E-state index in [9.17, 15) is 4.39 Å². The Morgan fingerprint density at radius 1 is 1.14 bits per heavy atom. The van der Waals surface area contributed by atoms with Crippen LogP contribution < -0.4 is 9.46 Å². The first-order valence-electron chi connectivity index (χ1n) is 6.83. The van der Waals surface area contributed by atoms with Gasteiger partial charge in [-0.25, -0.2) is 4.39 Å². The third-order valence-electron chi connectivity index (χ3n) is 3.39. The van der Waals surface area contributed by atoms with Gasteiger partial charge in [0.15, 0.2) is 5.82 Å². The fraction of sp³-hybridized carbons (Fsp3) is 0.294. The minimum atomic E-state index is -0.316. The van der Waals surface area contributed by atoms with Crippen molar-refractivity contribution in [3.8, 4) is 16.9 Å². The average molecular weight is 305 g/mol. The van der Waals surface area contributed by atoms with Crippen LogP contribution in [0.15, 0.2) is 36.4 Å². The van der Waals surface area contributed by atoms with Crippen LogP contribution in [-0.4, -0.2) is 13.4 Å². The lowest BCUT2D eigenvalue weighted by Gasteiger charge is -2.13. The van der Waals surface area contributed by atoms with Gasteiger partial charge in [-0.05, 0) is 23.1 Å². The van der Waals surface area contributed by atoms with Gasteiger partial charge in [-0.1, -0.05) is 50.1 Å². The lowest BCUT2D eigenvalue weighted by atomic mass is 9.98. The van der Waals surface area contributed by atoms with E-state index in [2.05, 4.69) is 30.7 Å². The number of ether oxygens (including phenoxy) is 1. The molecule has 0 saturated heterocycles. The van der Waals surface area contributed by atoms with Crippen LogP contribution in [0.3, 0.4) is 0 Å². The molecule has 0 radical (unpaired) electrons. The van der Waals surface area contributed by atoms with Crippen molar-refractivity contribution in [3.63, 3.8) is 0 Å². The van der Waals surface area contributed by atoms with Crippen LogP contribution in [-0.2, 0) is 0 Å². The molecule has 4 heteroatoms. The van der Waals surface area contributed by atoms with Gasteiger partial charge in [0, 0.05) is 17.9 Å². The highest BCUT2D eigenvalue weighted by molar-refractivity contribution is 7.99. The second kappa shape index (κ2) is 6.85. The molecule has 112 valence electrons. The van der Waals surface area contributed by atoms with Gasteiger partial charge in [0.25, 0.3) is 0 Å². The lowest BCUT2D eigenvalue weighted by molar-refractivity contribution is 0.413. The molecule has 0 amide bonds. The number of halogens is 1. The summed E-state index contributed by atoms with van der Waals surface area (Å²) < 4.78 is 22.2. The van der Waals surface area contributed by atoms with Crippen LogP contribution in [0, 0.1) is 5.82 Å². The summed E-state index contributed by atoms with van der Waals surface area (Å²) >= 11 is 1.36. The summed E-state index contributed by atoms with van der Waals surface area (Å²) in [6.45, 7) is 4.32. The normalized spacial score (nSPS) is 10.8. The van der Waals surface area contributed by atoms with Gasteiger partial charge in [-0.2, -0.15) is 0 Å². The Balaban J connectivity index is 2.47. The van der Waals surface area contributed by atoms with Gasteiger partial charge in [-0.3, -0.25) is 0 Å². The van der Waals surface area contributed by atoms with E-state index in [4.69, 9.17) is 4.74 Å². The second-order valence-corrected chi connectivity index (χ2v) is 5.73. The van der Waals surface area contributed by atoms with Crippen molar-refractivity contribution in [1.29, 1.82) is 0 Å². The Labute approximate surface area is 129 Å². The Hall–Kier alpha value is -1.68. The maximum absolute atomic E-state index is 13.9. The summed E-state index contributed by atoms with van der Waals surface area (Å²) in [5.74, 6) is 0.711. The molecule has 2 nitrogen and oxygen atoms in total. The molecular weight excluding hydrogens is 285 g/mol. The molecule has 2 rings (SSSR count). The van der Waals surface area contributed by atoms with E-state index in [0.29, 0.717) is 17.4 Å². The average Bonchev–Trinajstić information content (AvgIpc) is 2.49. The van der Waals surface area contributed by atoms with E-state index in [0.717, 1.165) is 11.1 Å².